The van der Waals surface area contributed by atoms with E-state index < -0.39 is 0 Å². The Balaban J connectivity index is 1.19. The van der Waals surface area contributed by atoms with Gasteiger partial charge in [-0.15, -0.1) is 0 Å². The number of rotatable bonds is 6. The number of Topliss-reactive ketones (excluding diaryl/α,β-unsaturated/α-hetero) is 1. The van der Waals surface area contributed by atoms with Crippen molar-refractivity contribution in [2.24, 2.45) is 11.8 Å². The second-order valence-corrected chi connectivity index (χ2v) is 8.98. The molecule has 1 aromatic rings. The van der Waals surface area contributed by atoms with Crippen molar-refractivity contribution < 1.29 is 9.59 Å². The number of ketones is 1. The van der Waals surface area contributed by atoms with E-state index in [0.29, 0.717) is 42.9 Å². The van der Waals surface area contributed by atoms with E-state index in [9.17, 15) is 9.59 Å². The van der Waals surface area contributed by atoms with Crippen LogP contribution in [-0.2, 0) is 22.4 Å². The smallest absolute Gasteiger partial charge is 0.222 e. The first-order chi connectivity index (χ1) is 13.2. The fourth-order valence-electron chi connectivity index (χ4n) is 5.73. The fraction of sp³-hybridized carbons (Fsp3) is 0.667. The summed E-state index contributed by atoms with van der Waals surface area (Å²) in [5.74, 6) is 1.85. The van der Waals surface area contributed by atoms with Crippen LogP contribution in [0.4, 0.5) is 0 Å². The van der Waals surface area contributed by atoms with E-state index in [1.807, 2.05) is 0 Å². The van der Waals surface area contributed by atoms with Crippen LogP contribution in [0.25, 0.3) is 0 Å². The molecule has 2 atom stereocenters. The minimum atomic E-state index is 0.299. The number of hydrogen-bond donors (Lipinski definition) is 0. The van der Waals surface area contributed by atoms with Crippen molar-refractivity contribution in [2.45, 2.75) is 83.1 Å². The van der Waals surface area contributed by atoms with Gasteiger partial charge in [0.15, 0.2) is 0 Å². The summed E-state index contributed by atoms with van der Waals surface area (Å²) in [5, 5.41) is 0. The molecule has 1 aliphatic heterocycles. The van der Waals surface area contributed by atoms with Crippen LogP contribution in [0.3, 0.4) is 0 Å². The Bertz CT molecular complexity index is 656. The number of fused-ring (bicyclic) bond motifs is 2. The van der Waals surface area contributed by atoms with Gasteiger partial charge in [-0.2, -0.15) is 0 Å². The highest BCUT2D eigenvalue weighted by molar-refractivity contribution is 5.80. The Morgan fingerprint density at radius 1 is 0.926 bits per heavy atom. The van der Waals surface area contributed by atoms with Crippen LogP contribution in [-0.4, -0.2) is 29.2 Å². The molecule has 3 aliphatic rings. The number of hydrogen-bond acceptors (Lipinski definition) is 2. The van der Waals surface area contributed by atoms with E-state index in [0.717, 1.165) is 38.1 Å². The van der Waals surface area contributed by atoms with Gasteiger partial charge in [-0.05, 0) is 67.9 Å². The maximum Gasteiger partial charge on any atom is 0.222 e. The number of carbonyl (C=O) groups excluding carboxylic acids is 2. The average molecular weight is 368 g/mol. The Morgan fingerprint density at radius 3 is 2.41 bits per heavy atom. The molecule has 1 heterocycles. The summed E-state index contributed by atoms with van der Waals surface area (Å²) in [4.78, 5) is 27.3. The van der Waals surface area contributed by atoms with E-state index in [1.165, 1.54) is 43.2 Å². The van der Waals surface area contributed by atoms with Crippen LogP contribution in [0.15, 0.2) is 24.3 Å². The number of nitrogens with zero attached hydrogens (tertiary/aromatic N) is 1. The molecule has 27 heavy (non-hydrogen) atoms. The standard InChI is InChI=1S/C24H33NO2/c26-22(17-18-15-20-8-1-2-9-21(20)16-18)11-5-13-24(27)25-14-6-10-19-7-3-4-12-23(19)25/h1-2,8-9,18-19,23H,3-7,10-17H2. The van der Waals surface area contributed by atoms with Gasteiger partial charge < -0.3 is 4.90 Å². The first kappa shape index (κ1) is 18.7. The number of likely N-dealkylation sites (tertiary alicyclic amines) is 1. The van der Waals surface area contributed by atoms with Crippen LogP contribution < -0.4 is 0 Å². The molecule has 0 radical (unpaired) electrons. The highest BCUT2D eigenvalue weighted by Crippen LogP contribution is 2.35. The molecule has 0 N–H and O–H groups in total. The molecule has 146 valence electrons. The molecule has 4 rings (SSSR count). The van der Waals surface area contributed by atoms with Crippen LogP contribution in [0.2, 0.25) is 0 Å². The summed E-state index contributed by atoms with van der Waals surface area (Å²) in [7, 11) is 0. The third-order valence-corrected chi connectivity index (χ3v) is 7.06. The summed E-state index contributed by atoms with van der Waals surface area (Å²) >= 11 is 0. The van der Waals surface area contributed by atoms with Crippen LogP contribution in [0.5, 0.6) is 0 Å². The molecule has 1 amide bonds. The lowest BCUT2D eigenvalue weighted by Gasteiger charge is -2.44. The highest BCUT2D eigenvalue weighted by Gasteiger charge is 2.35. The monoisotopic (exact) mass is 367 g/mol. The quantitative estimate of drug-likeness (QED) is 0.730. The Morgan fingerprint density at radius 2 is 1.63 bits per heavy atom. The number of benzene rings is 1. The normalized spacial score (nSPS) is 25.1. The van der Waals surface area contributed by atoms with Crippen molar-refractivity contribution in [1.82, 2.24) is 4.90 Å². The molecule has 1 aromatic carbocycles. The van der Waals surface area contributed by atoms with Gasteiger partial charge in [0.25, 0.3) is 0 Å². The Kier molecular flexibility index (Phi) is 5.95. The summed E-state index contributed by atoms with van der Waals surface area (Å²) in [6.45, 7) is 0.939. The zero-order valence-corrected chi connectivity index (χ0v) is 16.5. The maximum atomic E-state index is 12.7. The van der Waals surface area contributed by atoms with E-state index in [1.54, 1.807) is 0 Å². The third kappa shape index (κ3) is 4.44. The molecule has 0 aromatic heterocycles. The van der Waals surface area contributed by atoms with Crippen molar-refractivity contribution in [3.63, 3.8) is 0 Å². The van der Waals surface area contributed by atoms with Gasteiger partial charge >= 0.3 is 0 Å². The molecule has 3 heteroatoms. The summed E-state index contributed by atoms with van der Waals surface area (Å²) in [6, 6.07) is 9.05. The van der Waals surface area contributed by atoms with Crippen molar-refractivity contribution in [3.8, 4) is 0 Å². The third-order valence-electron chi connectivity index (χ3n) is 7.06. The molecular weight excluding hydrogens is 334 g/mol. The van der Waals surface area contributed by atoms with Crippen LogP contribution in [0, 0.1) is 11.8 Å². The zero-order chi connectivity index (χ0) is 18.6. The molecule has 0 spiro atoms. The predicted molar refractivity (Wildman–Crippen MR) is 108 cm³/mol. The van der Waals surface area contributed by atoms with Gasteiger partial charge in [-0.25, -0.2) is 0 Å². The molecule has 1 saturated heterocycles. The minimum Gasteiger partial charge on any atom is -0.339 e. The van der Waals surface area contributed by atoms with Crippen molar-refractivity contribution in [1.29, 1.82) is 0 Å². The van der Waals surface area contributed by atoms with Gasteiger partial charge in [0.1, 0.15) is 5.78 Å². The minimum absolute atomic E-state index is 0.299. The predicted octanol–water partition coefficient (Wildman–Crippen LogP) is 4.71. The highest BCUT2D eigenvalue weighted by atomic mass is 16.2. The fourth-order valence-corrected chi connectivity index (χ4v) is 5.73. The number of carbonyl (C=O) groups is 2. The molecule has 2 aliphatic carbocycles. The van der Waals surface area contributed by atoms with E-state index >= 15 is 0 Å². The molecule has 1 saturated carbocycles. The van der Waals surface area contributed by atoms with E-state index in [2.05, 4.69) is 29.2 Å². The van der Waals surface area contributed by atoms with Gasteiger partial charge in [0.2, 0.25) is 5.91 Å². The summed E-state index contributed by atoms with van der Waals surface area (Å²) in [6.07, 6.45) is 12.2. The van der Waals surface area contributed by atoms with Gasteiger partial charge in [-0.3, -0.25) is 9.59 Å². The largest absolute Gasteiger partial charge is 0.339 e. The van der Waals surface area contributed by atoms with Gasteiger partial charge in [-0.1, -0.05) is 37.1 Å². The van der Waals surface area contributed by atoms with Gasteiger partial charge in [0, 0.05) is 31.8 Å². The molecule has 3 nitrogen and oxygen atoms in total. The second kappa shape index (κ2) is 8.58. The summed E-state index contributed by atoms with van der Waals surface area (Å²) < 4.78 is 0. The maximum absolute atomic E-state index is 12.7. The van der Waals surface area contributed by atoms with E-state index in [4.69, 9.17) is 0 Å². The first-order valence-electron chi connectivity index (χ1n) is 11.1. The number of amides is 1. The lowest BCUT2D eigenvalue weighted by molar-refractivity contribution is -0.137. The van der Waals surface area contributed by atoms with Gasteiger partial charge in [0.05, 0.1) is 0 Å². The first-order valence-corrected chi connectivity index (χ1v) is 11.1. The topological polar surface area (TPSA) is 37.4 Å². The second-order valence-electron chi connectivity index (χ2n) is 8.98. The summed E-state index contributed by atoms with van der Waals surface area (Å²) in [5.41, 5.74) is 2.83. The van der Waals surface area contributed by atoms with Crippen molar-refractivity contribution in [2.75, 3.05) is 6.54 Å². The molecule has 0 bridgehead atoms. The Hall–Kier alpha value is -1.64. The molecule has 2 unspecified atom stereocenters. The van der Waals surface area contributed by atoms with Crippen LogP contribution >= 0.6 is 0 Å². The number of piperidine rings is 1. The lowest BCUT2D eigenvalue weighted by atomic mass is 9.78. The lowest BCUT2D eigenvalue weighted by Crippen LogP contribution is -2.49. The van der Waals surface area contributed by atoms with E-state index in [-0.39, 0.29) is 0 Å². The zero-order valence-electron chi connectivity index (χ0n) is 16.5. The van der Waals surface area contributed by atoms with Crippen molar-refractivity contribution in [3.05, 3.63) is 35.4 Å². The molecule has 2 fully saturated rings. The average Bonchev–Trinajstić information content (AvgIpc) is 3.09. The Labute approximate surface area is 163 Å². The SMILES string of the molecule is O=C(CCCC(=O)N1CCCC2CCCCC21)CC1Cc2ccccc2C1. The van der Waals surface area contributed by atoms with Crippen molar-refractivity contribution >= 4 is 11.7 Å². The van der Waals surface area contributed by atoms with Crippen LogP contribution in [0.1, 0.15) is 75.3 Å². The molecular formula is C24H33NO2.